The van der Waals surface area contributed by atoms with Gasteiger partial charge < -0.3 is 5.32 Å². The Morgan fingerprint density at radius 3 is 2.68 bits per heavy atom. The quantitative estimate of drug-likeness (QED) is 0.690. The van der Waals surface area contributed by atoms with Gasteiger partial charge in [-0.3, -0.25) is 4.98 Å². The van der Waals surface area contributed by atoms with Gasteiger partial charge in [-0.1, -0.05) is 0 Å². The summed E-state index contributed by atoms with van der Waals surface area (Å²) in [6, 6.07) is 6.80. The van der Waals surface area contributed by atoms with Crippen molar-refractivity contribution < 1.29 is 13.2 Å². The summed E-state index contributed by atoms with van der Waals surface area (Å²) in [4.78, 5) is 12.6. The van der Waals surface area contributed by atoms with Crippen LogP contribution in [0, 0.1) is 0 Å². The van der Waals surface area contributed by atoms with E-state index in [-0.39, 0.29) is 5.95 Å². The van der Waals surface area contributed by atoms with E-state index in [1.165, 1.54) is 16.9 Å². The summed E-state index contributed by atoms with van der Waals surface area (Å²) in [5.74, 6) is 0.439. The maximum absolute atomic E-state index is 12.8. The number of rotatable bonds is 4. The lowest BCUT2D eigenvalue weighted by Gasteiger charge is -2.11. The Labute approximate surface area is 145 Å². The van der Waals surface area contributed by atoms with Gasteiger partial charge in [0.15, 0.2) is 0 Å². The lowest BCUT2D eigenvalue weighted by atomic mass is 10.0. The zero-order valence-electron chi connectivity index (χ0n) is 12.9. The minimum absolute atomic E-state index is 0.0713. The zero-order chi connectivity index (χ0) is 17.4. The van der Waals surface area contributed by atoms with Crippen LogP contribution in [0.15, 0.2) is 42.2 Å². The molecule has 2 aromatic heterocycles. The molecule has 8 heteroatoms. The van der Waals surface area contributed by atoms with Gasteiger partial charge in [-0.25, -0.2) is 9.97 Å². The van der Waals surface area contributed by atoms with E-state index in [2.05, 4.69) is 26.3 Å². The maximum atomic E-state index is 12.8. The summed E-state index contributed by atoms with van der Waals surface area (Å²) in [6.45, 7) is 0. The van der Waals surface area contributed by atoms with Gasteiger partial charge in [0.25, 0.3) is 0 Å². The van der Waals surface area contributed by atoms with Crippen molar-refractivity contribution >= 4 is 23.0 Å². The minimum Gasteiger partial charge on any atom is -0.324 e. The fourth-order valence-electron chi connectivity index (χ4n) is 2.58. The molecule has 0 spiro atoms. The molecule has 1 N–H and O–H groups in total. The molecule has 2 heterocycles. The van der Waals surface area contributed by atoms with E-state index in [1.54, 1.807) is 11.7 Å². The van der Waals surface area contributed by atoms with Gasteiger partial charge in [0.05, 0.1) is 10.4 Å². The fourth-order valence-corrected chi connectivity index (χ4v) is 3.19. The molecular weight excluding hydrogens is 349 g/mol. The van der Waals surface area contributed by atoms with Gasteiger partial charge in [0, 0.05) is 18.1 Å². The molecule has 0 atom stereocenters. The van der Waals surface area contributed by atoms with Crippen molar-refractivity contribution in [2.24, 2.45) is 0 Å². The van der Waals surface area contributed by atoms with Crippen LogP contribution in [0.4, 0.5) is 24.8 Å². The van der Waals surface area contributed by atoms with E-state index in [1.807, 2.05) is 12.1 Å². The van der Waals surface area contributed by atoms with Crippen LogP contribution in [0.5, 0.6) is 0 Å². The first kappa shape index (κ1) is 16.0. The molecule has 25 heavy (non-hydrogen) atoms. The van der Waals surface area contributed by atoms with Crippen LogP contribution in [0.2, 0.25) is 0 Å². The number of aromatic nitrogens is 3. The third kappa shape index (κ3) is 3.63. The summed E-state index contributed by atoms with van der Waals surface area (Å²) < 4.78 is 38.4. The van der Waals surface area contributed by atoms with Crippen LogP contribution in [0.25, 0.3) is 10.4 Å². The first-order valence-corrected chi connectivity index (χ1v) is 8.58. The third-order valence-electron chi connectivity index (χ3n) is 3.92. The number of benzene rings is 1. The number of halogens is 3. The van der Waals surface area contributed by atoms with Crippen molar-refractivity contribution in [3.63, 3.8) is 0 Å². The molecule has 0 saturated heterocycles. The summed E-state index contributed by atoms with van der Waals surface area (Å²) in [6.07, 6.45) is 0.647. The molecule has 1 aromatic carbocycles. The number of alkyl halides is 3. The molecule has 0 radical (unpaired) electrons. The first-order valence-electron chi connectivity index (χ1n) is 7.70. The van der Waals surface area contributed by atoms with E-state index < -0.39 is 11.9 Å². The summed E-state index contributed by atoms with van der Waals surface area (Å²) in [5.41, 5.74) is 3.61. The molecule has 1 aliphatic carbocycles. The summed E-state index contributed by atoms with van der Waals surface area (Å²) in [5, 5.41) is 2.90. The number of anilines is 2. The van der Waals surface area contributed by atoms with E-state index in [4.69, 9.17) is 0 Å². The number of hydrogen-bond donors (Lipinski definition) is 1. The Kier molecular flexibility index (Phi) is 3.91. The average molecular weight is 362 g/mol. The highest BCUT2D eigenvalue weighted by Gasteiger charge is 2.32. The average Bonchev–Trinajstić information content (AvgIpc) is 3.28. The summed E-state index contributed by atoms with van der Waals surface area (Å²) >= 11 is 1.52. The van der Waals surface area contributed by atoms with Gasteiger partial charge in [-0.15, -0.1) is 11.3 Å². The standard InChI is InChI=1S/C17H13F3N4S/c18-17(19,20)15-3-4-22-16(24-15)23-13-6-11(10-1-2-10)5-12(7-13)14-8-21-9-25-14/h3-10H,1-2H2,(H,22,23,24). The molecule has 3 aromatic rings. The van der Waals surface area contributed by atoms with E-state index in [0.717, 1.165) is 35.5 Å². The lowest BCUT2D eigenvalue weighted by Crippen LogP contribution is -2.10. The monoisotopic (exact) mass is 362 g/mol. The second-order valence-electron chi connectivity index (χ2n) is 5.87. The van der Waals surface area contributed by atoms with Crippen molar-refractivity contribution in [2.75, 3.05) is 5.32 Å². The van der Waals surface area contributed by atoms with Crippen LogP contribution >= 0.6 is 11.3 Å². The van der Waals surface area contributed by atoms with Crippen LogP contribution < -0.4 is 5.32 Å². The van der Waals surface area contributed by atoms with Crippen molar-refractivity contribution in [1.82, 2.24) is 15.0 Å². The molecule has 0 aliphatic heterocycles. The number of hydrogen-bond acceptors (Lipinski definition) is 5. The van der Waals surface area contributed by atoms with Gasteiger partial charge in [-0.2, -0.15) is 13.2 Å². The van der Waals surface area contributed by atoms with Gasteiger partial charge >= 0.3 is 6.18 Å². The Morgan fingerprint density at radius 2 is 2.00 bits per heavy atom. The highest BCUT2D eigenvalue weighted by molar-refractivity contribution is 7.13. The van der Waals surface area contributed by atoms with Crippen molar-refractivity contribution in [3.05, 3.63) is 53.4 Å². The zero-order valence-corrected chi connectivity index (χ0v) is 13.7. The Morgan fingerprint density at radius 1 is 1.16 bits per heavy atom. The number of thiazole rings is 1. The molecule has 1 fully saturated rings. The minimum atomic E-state index is -4.50. The van der Waals surface area contributed by atoms with Crippen molar-refractivity contribution in [2.45, 2.75) is 24.9 Å². The van der Waals surface area contributed by atoms with E-state index in [9.17, 15) is 13.2 Å². The third-order valence-corrected chi connectivity index (χ3v) is 4.75. The molecule has 0 unspecified atom stereocenters. The highest BCUT2D eigenvalue weighted by Crippen LogP contribution is 2.43. The topological polar surface area (TPSA) is 50.7 Å². The molecule has 0 amide bonds. The molecule has 1 saturated carbocycles. The Balaban J connectivity index is 1.68. The largest absolute Gasteiger partial charge is 0.433 e. The fraction of sp³-hybridized carbons (Fsp3) is 0.235. The summed E-state index contributed by atoms with van der Waals surface area (Å²) in [7, 11) is 0. The van der Waals surface area contributed by atoms with Crippen LogP contribution in [-0.2, 0) is 6.18 Å². The number of nitrogens with one attached hydrogen (secondary N) is 1. The second-order valence-corrected chi connectivity index (χ2v) is 6.76. The van der Waals surface area contributed by atoms with E-state index >= 15 is 0 Å². The Bertz CT molecular complexity index is 889. The van der Waals surface area contributed by atoms with Crippen molar-refractivity contribution in [3.8, 4) is 10.4 Å². The molecule has 0 bridgehead atoms. The Hall–Kier alpha value is -2.48. The first-order chi connectivity index (χ1) is 12.0. The molecular formula is C17H13F3N4S. The van der Waals surface area contributed by atoms with Crippen LogP contribution in [0.3, 0.4) is 0 Å². The van der Waals surface area contributed by atoms with Crippen molar-refractivity contribution in [1.29, 1.82) is 0 Å². The maximum Gasteiger partial charge on any atom is 0.433 e. The molecule has 1 aliphatic rings. The van der Waals surface area contributed by atoms with Gasteiger partial charge in [0.2, 0.25) is 5.95 Å². The molecule has 128 valence electrons. The van der Waals surface area contributed by atoms with E-state index in [0.29, 0.717) is 11.6 Å². The van der Waals surface area contributed by atoms with Crippen LogP contribution in [0.1, 0.15) is 30.0 Å². The van der Waals surface area contributed by atoms with Gasteiger partial charge in [-0.05, 0) is 54.2 Å². The second kappa shape index (κ2) is 6.11. The molecule has 4 nitrogen and oxygen atoms in total. The predicted molar refractivity (Wildman–Crippen MR) is 89.8 cm³/mol. The normalized spacial score (nSPS) is 14.5. The molecule has 4 rings (SSSR count). The lowest BCUT2D eigenvalue weighted by molar-refractivity contribution is -0.141. The van der Waals surface area contributed by atoms with Crippen LogP contribution in [-0.4, -0.2) is 15.0 Å². The predicted octanol–water partition coefficient (Wildman–Crippen LogP) is 5.24. The smallest absolute Gasteiger partial charge is 0.324 e. The number of nitrogens with zero attached hydrogens (tertiary/aromatic N) is 3. The van der Waals surface area contributed by atoms with Gasteiger partial charge in [0.1, 0.15) is 5.69 Å². The highest BCUT2D eigenvalue weighted by atomic mass is 32.1. The SMILES string of the molecule is FC(F)(F)c1ccnc(Nc2cc(-c3cncs3)cc(C3CC3)c2)n1.